The topological polar surface area (TPSA) is 0 Å². The van der Waals surface area contributed by atoms with Crippen LogP contribution in [0.15, 0.2) is 0 Å². The summed E-state index contributed by atoms with van der Waals surface area (Å²) in [5.41, 5.74) is 0. The van der Waals surface area contributed by atoms with Gasteiger partial charge in [-0.2, -0.15) is 0 Å². The molecule has 0 amide bonds. The molecule has 0 bridgehead atoms. The predicted octanol–water partition coefficient (Wildman–Crippen LogP) is 6.50. The fourth-order valence-corrected chi connectivity index (χ4v) is 0. The molecule has 0 aliphatic heterocycles. The van der Waals surface area contributed by atoms with Crippen molar-refractivity contribution in [2.24, 2.45) is 0 Å². The average molecular weight is 629 g/mol. The van der Waals surface area contributed by atoms with Crippen molar-refractivity contribution in [3.63, 3.8) is 0 Å². The molecule has 0 radical (unpaired) electrons. The molecule has 0 saturated heterocycles. The van der Waals surface area contributed by atoms with Crippen molar-refractivity contribution >= 4 is 36.3 Å². The fourth-order valence-electron chi connectivity index (χ4n) is 0. The van der Waals surface area contributed by atoms with Gasteiger partial charge in [0.05, 0.1) is 0 Å². The second-order valence-corrected chi connectivity index (χ2v) is 2.47. The summed E-state index contributed by atoms with van der Waals surface area (Å²) in [6, 6.07) is 0. The van der Waals surface area contributed by atoms with Crippen molar-refractivity contribution in [1.82, 2.24) is 0 Å². The molecular formula is B5F20FeLa. The van der Waals surface area contributed by atoms with E-state index in [9.17, 15) is 86.3 Å². The van der Waals surface area contributed by atoms with Crippen LogP contribution in [0.5, 0.6) is 0 Å². The summed E-state index contributed by atoms with van der Waals surface area (Å²) in [6.07, 6.45) is 0. The molecule has 0 N–H and O–H groups in total. The van der Waals surface area contributed by atoms with Crippen LogP contribution in [-0.2, 0) is 17.1 Å². The Balaban J connectivity index is -0.0000000364. The van der Waals surface area contributed by atoms with Crippen molar-refractivity contribution < 1.29 is 139 Å². The first-order valence-electron chi connectivity index (χ1n) is 4.36. The molecule has 27 heavy (non-hydrogen) atoms. The van der Waals surface area contributed by atoms with Crippen LogP contribution in [0.2, 0.25) is 0 Å². The quantitative estimate of drug-likeness (QED) is 0.212. The second kappa shape index (κ2) is 18.7. The monoisotopic (exact) mass is 630 g/mol. The maximum atomic E-state index is 9.75. The molecular weight excluding hydrogens is 629 g/mol. The van der Waals surface area contributed by atoms with Gasteiger partial charge in [-0.05, 0) is 0 Å². The smallest absolute Gasteiger partial charge is 0.418 e. The first kappa shape index (κ1) is 46.0. The molecule has 166 valence electrons. The van der Waals surface area contributed by atoms with E-state index in [2.05, 4.69) is 0 Å². The zero-order valence-corrected chi connectivity index (χ0v) is 16.1. The van der Waals surface area contributed by atoms with Gasteiger partial charge in [-0.15, -0.1) is 0 Å². The summed E-state index contributed by atoms with van der Waals surface area (Å²) in [5, 5.41) is 0. The summed E-state index contributed by atoms with van der Waals surface area (Å²) < 4.78 is 195. The van der Waals surface area contributed by atoms with Crippen molar-refractivity contribution in [1.29, 1.82) is 0 Å². The molecule has 0 saturated carbocycles. The van der Waals surface area contributed by atoms with Gasteiger partial charge in [0.1, 0.15) is 0 Å². The van der Waals surface area contributed by atoms with Gasteiger partial charge < -0.3 is 86.3 Å². The van der Waals surface area contributed by atoms with Crippen molar-refractivity contribution in [3.8, 4) is 0 Å². The van der Waals surface area contributed by atoms with E-state index < -0.39 is 36.3 Å². The van der Waals surface area contributed by atoms with E-state index in [1.807, 2.05) is 0 Å². The number of halogens is 20. The largest absolute Gasteiger partial charge is 3.00 e. The van der Waals surface area contributed by atoms with E-state index in [-0.39, 0.29) is 52.7 Å². The van der Waals surface area contributed by atoms with Gasteiger partial charge in [0.25, 0.3) is 0 Å². The molecule has 0 unspecified atom stereocenters. The first-order valence-corrected chi connectivity index (χ1v) is 4.36. The van der Waals surface area contributed by atoms with E-state index in [0.29, 0.717) is 0 Å². The van der Waals surface area contributed by atoms with E-state index in [0.717, 1.165) is 0 Å². The summed E-state index contributed by atoms with van der Waals surface area (Å²) in [5.74, 6) is 0. The Morgan fingerprint density at radius 3 is 0.222 bits per heavy atom. The minimum absolute atomic E-state index is 0. The third kappa shape index (κ3) is 39600. The van der Waals surface area contributed by atoms with Crippen LogP contribution in [0.4, 0.5) is 86.3 Å². The Morgan fingerprint density at radius 1 is 0.222 bits per heavy atom. The summed E-state index contributed by atoms with van der Waals surface area (Å²) in [7, 11) is -30.0. The summed E-state index contributed by atoms with van der Waals surface area (Å²) >= 11 is 0. The van der Waals surface area contributed by atoms with Crippen LogP contribution in [-0.4, -0.2) is 36.3 Å². The maximum Gasteiger partial charge on any atom is 3.00 e. The Kier molecular flexibility index (Phi) is 31.8. The van der Waals surface area contributed by atoms with E-state index >= 15 is 0 Å². The molecule has 27 heteroatoms. The van der Waals surface area contributed by atoms with Gasteiger partial charge in [0, 0.05) is 0 Å². The number of hydrogen-bond donors (Lipinski definition) is 0. The second-order valence-electron chi connectivity index (χ2n) is 2.47. The Morgan fingerprint density at radius 2 is 0.222 bits per heavy atom. The van der Waals surface area contributed by atoms with E-state index in [4.69, 9.17) is 0 Å². The molecule has 0 aliphatic carbocycles. The summed E-state index contributed by atoms with van der Waals surface area (Å²) in [4.78, 5) is 0. The van der Waals surface area contributed by atoms with Crippen molar-refractivity contribution in [2.75, 3.05) is 0 Å². The van der Waals surface area contributed by atoms with Crippen LogP contribution in [0.25, 0.3) is 0 Å². The van der Waals surface area contributed by atoms with Crippen molar-refractivity contribution in [3.05, 3.63) is 0 Å². The summed E-state index contributed by atoms with van der Waals surface area (Å²) in [6.45, 7) is 0. The molecule has 0 fully saturated rings. The number of hydrogen-bond acceptors (Lipinski definition) is 0. The molecule has 0 rings (SSSR count). The minimum Gasteiger partial charge on any atom is -0.418 e. The first-order chi connectivity index (χ1) is 10.0. The zero-order valence-electron chi connectivity index (χ0n) is 11.4. The Bertz CT molecular complexity index is 178. The predicted molar refractivity (Wildman–Crippen MR) is 50.9 cm³/mol. The van der Waals surface area contributed by atoms with Gasteiger partial charge in [-0.25, -0.2) is 0 Å². The molecule has 0 heterocycles. The van der Waals surface area contributed by atoms with Crippen LogP contribution in [0.1, 0.15) is 0 Å². The van der Waals surface area contributed by atoms with E-state index in [1.165, 1.54) is 0 Å². The van der Waals surface area contributed by atoms with Crippen molar-refractivity contribution in [2.45, 2.75) is 0 Å². The number of rotatable bonds is 0. The molecule has 0 nitrogen and oxygen atoms in total. The van der Waals surface area contributed by atoms with Crippen LogP contribution in [0.3, 0.4) is 0 Å². The van der Waals surface area contributed by atoms with Gasteiger partial charge in [-0.1, -0.05) is 0 Å². The molecule has 0 aromatic heterocycles. The zero-order chi connectivity index (χ0) is 22.5. The minimum atomic E-state index is -6.00. The third-order valence-electron chi connectivity index (χ3n) is 0. The van der Waals surface area contributed by atoms with Gasteiger partial charge in [0.15, 0.2) is 0 Å². The molecule has 0 aromatic rings. The van der Waals surface area contributed by atoms with Crippen LogP contribution in [0, 0.1) is 35.6 Å². The normalized spacial score (nSPS) is 11.1. The SMILES string of the molecule is F[B-](F)(F)F.F[B-](F)(F)F.F[B-](F)(F)F.F[B-](F)(F)F.F[B-](F)(F)F.[Fe+2].[La+3]. The fraction of sp³-hybridized carbons (Fsp3) is 0. The van der Waals surface area contributed by atoms with Gasteiger partial charge in [-0.3, -0.25) is 0 Å². The van der Waals surface area contributed by atoms with Gasteiger partial charge >= 0.3 is 88.9 Å². The van der Waals surface area contributed by atoms with Crippen LogP contribution < -0.4 is 0 Å². The Hall–Kier alpha value is 0.639. The Labute approximate surface area is 175 Å². The van der Waals surface area contributed by atoms with E-state index in [1.54, 1.807) is 0 Å². The maximum absolute atomic E-state index is 9.75. The van der Waals surface area contributed by atoms with Gasteiger partial charge in [0.2, 0.25) is 0 Å². The standard InChI is InChI=1S/5BF4.Fe.La/c5*2-1(3,4)5;;/q5*-1;+2;+3. The third-order valence-corrected chi connectivity index (χ3v) is 0. The molecule has 0 atom stereocenters. The molecule has 0 spiro atoms. The molecule has 0 aromatic carbocycles. The van der Waals surface area contributed by atoms with Crippen LogP contribution >= 0.6 is 0 Å². The average Bonchev–Trinajstić information content (AvgIpc) is 1.79. The molecule has 0 aliphatic rings.